The Morgan fingerprint density at radius 3 is 2.74 bits per heavy atom. The molecule has 1 atom stereocenters. The average molecular weight is 400 g/mol. The molecule has 0 bridgehead atoms. The molecule has 2 heterocycles. The number of pyridine rings is 1. The predicted octanol–water partition coefficient (Wildman–Crippen LogP) is 3.69. The number of aryl methyl sites for hydroxylation is 1. The number of ether oxygens (including phenoxy) is 1. The molecule has 0 aromatic carbocycles. The second kappa shape index (κ2) is 9.59. The number of nitrogens with one attached hydrogen (secondary N) is 2. The van der Waals surface area contributed by atoms with Crippen LogP contribution in [0.25, 0.3) is 0 Å². The number of guanidine groups is 1. The van der Waals surface area contributed by atoms with E-state index in [1.165, 1.54) is 16.0 Å². The highest BCUT2D eigenvalue weighted by Gasteiger charge is 2.29. The van der Waals surface area contributed by atoms with Crippen molar-refractivity contribution in [1.29, 1.82) is 0 Å². The van der Waals surface area contributed by atoms with Gasteiger partial charge in [-0.25, -0.2) is 4.98 Å². The normalized spacial score (nSPS) is 13.3. The summed E-state index contributed by atoms with van der Waals surface area (Å²) >= 11 is 1.75. The lowest BCUT2D eigenvalue weighted by Gasteiger charge is -2.18. The summed E-state index contributed by atoms with van der Waals surface area (Å²) in [6.45, 7) is 2.98. The third-order valence-electron chi connectivity index (χ3n) is 3.58. The van der Waals surface area contributed by atoms with Gasteiger partial charge in [-0.3, -0.25) is 4.99 Å². The summed E-state index contributed by atoms with van der Waals surface area (Å²) in [5.74, 6) is 0.515. The predicted molar refractivity (Wildman–Crippen MR) is 101 cm³/mol. The fourth-order valence-corrected chi connectivity index (χ4v) is 3.41. The summed E-state index contributed by atoms with van der Waals surface area (Å²) < 4.78 is 41.9. The van der Waals surface area contributed by atoms with E-state index in [1.54, 1.807) is 30.5 Å². The summed E-state index contributed by atoms with van der Waals surface area (Å²) in [6, 6.07) is 7.65. The van der Waals surface area contributed by atoms with Gasteiger partial charge in [-0.1, -0.05) is 6.07 Å². The van der Waals surface area contributed by atoms with Crippen LogP contribution in [0.2, 0.25) is 0 Å². The summed E-state index contributed by atoms with van der Waals surface area (Å²) in [4.78, 5) is 10.6. The molecule has 2 N–H and O–H groups in total. The highest BCUT2D eigenvalue weighted by atomic mass is 32.1. The second-order valence-corrected chi connectivity index (χ2v) is 7.43. The Labute approximate surface area is 160 Å². The molecule has 0 radical (unpaired) electrons. The lowest BCUT2D eigenvalue weighted by molar-refractivity contribution is -0.154. The monoisotopic (exact) mass is 400 g/mol. The van der Waals surface area contributed by atoms with Crippen LogP contribution in [-0.2, 0) is 13.0 Å². The molecule has 0 aliphatic heterocycles. The van der Waals surface area contributed by atoms with E-state index in [4.69, 9.17) is 4.74 Å². The standard InChI is InChI=1S/C18H23F3N4OS/c1-12(9-15-7-6-13(2)27-15)25-17(22-3)24-10-14-5-4-8-23-16(14)26-11-18(19,20)21/h4-8,12H,9-11H2,1-3H3,(H2,22,24,25). The maximum atomic E-state index is 12.4. The molecule has 0 spiro atoms. The van der Waals surface area contributed by atoms with Gasteiger partial charge in [0.2, 0.25) is 5.88 Å². The summed E-state index contributed by atoms with van der Waals surface area (Å²) in [7, 11) is 1.64. The van der Waals surface area contributed by atoms with Crippen LogP contribution in [-0.4, -0.2) is 36.8 Å². The lowest BCUT2D eigenvalue weighted by Crippen LogP contribution is -2.42. The smallest absolute Gasteiger partial charge is 0.422 e. The number of nitrogens with zero attached hydrogens (tertiary/aromatic N) is 2. The fourth-order valence-electron chi connectivity index (χ4n) is 2.39. The molecule has 9 heteroatoms. The first-order valence-electron chi connectivity index (χ1n) is 8.43. The average Bonchev–Trinajstić information content (AvgIpc) is 3.01. The molecule has 0 saturated heterocycles. The van der Waals surface area contributed by atoms with Crippen molar-refractivity contribution < 1.29 is 17.9 Å². The van der Waals surface area contributed by atoms with Crippen molar-refractivity contribution in [3.8, 4) is 5.88 Å². The maximum absolute atomic E-state index is 12.4. The van der Waals surface area contributed by atoms with Gasteiger partial charge in [0.25, 0.3) is 0 Å². The van der Waals surface area contributed by atoms with E-state index < -0.39 is 12.8 Å². The molecule has 148 valence electrons. The van der Waals surface area contributed by atoms with Gasteiger partial charge in [0, 0.05) is 47.6 Å². The highest BCUT2D eigenvalue weighted by molar-refractivity contribution is 7.11. The Morgan fingerprint density at radius 2 is 2.11 bits per heavy atom. The number of halogens is 3. The number of hydrogen-bond donors (Lipinski definition) is 2. The van der Waals surface area contributed by atoms with Crippen LogP contribution in [0.15, 0.2) is 35.5 Å². The third kappa shape index (κ3) is 7.46. The van der Waals surface area contributed by atoms with Gasteiger partial charge in [-0.2, -0.15) is 13.2 Å². The minimum atomic E-state index is -4.41. The quantitative estimate of drug-likeness (QED) is 0.550. The van der Waals surface area contributed by atoms with Crippen LogP contribution in [0, 0.1) is 6.92 Å². The zero-order chi connectivity index (χ0) is 19.9. The molecule has 0 fully saturated rings. The number of alkyl halides is 3. The first-order valence-corrected chi connectivity index (χ1v) is 9.24. The molecular weight excluding hydrogens is 377 g/mol. The van der Waals surface area contributed by atoms with Gasteiger partial charge in [-0.05, 0) is 32.0 Å². The SMILES string of the molecule is CN=C(NCc1cccnc1OCC(F)(F)F)NC(C)Cc1ccc(C)s1. The van der Waals surface area contributed by atoms with Gasteiger partial charge in [0.1, 0.15) is 0 Å². The molecule has 27 heavy (non-hydrogen) atoms. The Bertz CT molecular complexity index is 761. The molecule has 2 aromatic heterocycles. The van der Waals surface area contributed by atoms with E-state index in [0.29, 0.717) is 11.5 Å². The molecule has 5 nitrogen and oxygen atoms in total. The van der Waals surface area contributed by atoms with Crippen molar-refractivity contribution in [2.75, 3.05) is 13.7 Å². The van der Waals surface area contributed by atoms with Crippen molar-refractivity contribution in [3.05, 3.63) is 45.8 Å². The molecule has 2 aromatic rings. The van der Waals surface area contributed by atoms with Crippen LogP contribution in [0.3, 0.4) is 0 Å². The number of hydrogen-bond acceptors (Lipinski definition) is 4. The molecule has 0 amide bonds. The minimum absolute atomic E-state index is 0.0418. The van der Waals surface area contributed by atoms with Gasteiger partial charge in [0.15, 0.2) is 12.6 Å². The fraction of sp³-hybridized carbons (Fsp3) is 0.444. The summed E-state index contributed by atoms with van der Waals surface area (Å²) in [5, 5.41) is 6.36. The van der Waals surface area contributed by atoms with Gasteiger partial charge in [0.05, 0.1) is 0 Å². The zero-order valence-electron chi connectivity index (χ0n) is 15.4. The van der Waals surface area contributed by atoms with Crippen molar-refractivity contribution >= 4 is 17.3 Å². The third-order valence-corrected chi connectivity index (χ3v) is 4.60. The Kier molecular flexibility index (Phi) is 7.46. The summed E-state index contributed by atoms with van der Waals surface area (Å²) in [6.07, 6.45) is -2.16. The largest absolute Gasteiger partial charge is 0.468 e. The highest BCUT2D eigenvalue weighted by Crippen LogP contribution is 2.20. The van der Waals surface area contributed by atoms with Crippen LogP contribution in [0.1, 0.15) is 22.2 Å². The Hall–Kier alpha value is -2.29. The van der Waals surface area contributed by atoms with Crippen LogP contribution in [0.4, 0.5) is 13.2 Å². The van der Waals surface area contributed by atoms with E-state index in [2.05, 4.69) is 39.7 Å². The Balaban J connectivity index is 1.90. The van der Waals surface area contributed by atoms with Crippen molar-refractivity contribution in [1.82, 2.24) is 15.6 Å². The van der Waals surface area contributed by atoms with Crippen LogP contribution in [0.5, 0.6) is 5.88 Å². The van der Waals surface area contributed by atoms with Crippen LogP contribution >= 0.6 is 11.3 Å². The van der Waals surface area contributed by atoms with Crippen molar-refractivity contribution in [2.24, 2.45) is 4.99 Å². The molecule has 1 unspecified atom stereocenters. The molecule has 0 aliphatic carbocycles. The number of rotatable bonds is 7. The maximum Gasteiger partial charge on any atom is 0.422 e. The molecular formula is C18H23F3N4OS. The molecule has 0 saturated carbocycles. The zero-order valence-corrected chi connectivity index (χ0v) is 16.2. The molecule has 0 aliphatic rings. The van der Waals surface area contributed by atoms with Crippen LogP contribution < -0.4 is 15.4 Å². The van der Waals surface area contributed by atoms with E-state index in [-0.39, 0.29) is 18.5 Å². The number of aromatic nitrogens is 1. The van der Waals surface area contributed by atoms with E-state index in [9.17, 15) is 13.2 Å². The van der Waals surface area contributed by atoms with E-state index >= 15 is 0 Å². The van der Waals surface area contributed by atoms with Crippen molar-refractivity contribution in [2.45, 2.75) is 39.0 Å². The number of aliphatic imine (C=N–C) groups is 1. The lowest BCUT2D eigenvalue weighted by atomic mass is 10.2. The van der Waals surface area contributed by atoms with Gasteiger partial charge < -0.3 is 15.4 Å². The summed E-state index contributed by atoms with van der Waals surface area (Å²) in [5.41, 5.74) is 0.520. The number of thiophene rings is 1. The van der Waals surface area contributed by atoms with Crippen molar-refractivity contribution in [3.63, 3.8) is 0 Å². The first-order chi connectivity index (χ1) is 12.8. The topological polar surface area (TPSA) is 58.5 Å². The van der Waals surface area contributed by atoms with Gasteiger partial charge >= 0.3 is 6.18 Å². The van der Waals surface area contributed by atoms with Gasteiger partial charge in [-0.15, -0.1) is 11.3 Å². The first kappa shape index (κ1) is 21.0. The molecule has 2 rings (SSSR count). The second-order valence-electron chi connectivity index (χ2n) is 6.06. The van der Waals surface area contributed by atoms with E-state index in [0.717, 1.165) is 6.42 Å². The van der Waals surface area contributed by atoms with E-state index in [1.807, 2.05) is 6.92 Å². The minimum Gasteiger partial charge on any atom is -0.468 e. The Morgan fingerprint density at radius 1 is 1.33 bits per heavy atom.